The smallest absolute Gasteiger partial charge is 0.154 e. The van der Waals surface area contributed by atoms with E-state index in [0.29, 0.717) is 5.92 Å². The molecule has 1 heterocycles. The van der Waals surface area contributed by atoms with Crippen LogP contribution in [0.4, 0.5) is 11.5 Å². The molecule has 0 aliphatic rings. The predicted octanol–water partition coefficient (Wildman–Crippen LogP) is 6.02. The van der Waals surface area contributed by atoms with E-state index in [9.17, 15) is 0 Å². The highest BCUT2D eigenvalue weighted by molar-refractivity contribution is 5.60. The third-order valence-corrected chi connectivity index (χ3v) is 4.64. The molecular weight excluding hydrogens is 294 g/mol. The lowest BCUT2D eigenvalue weighted by Gasteiger charge is -2.22. The van der Waals surface area contributed by atoms with Crippen LogP contribution in [0.5, 0.6) is 0 Å². The number of unbranched alkanes of at least 4 members (excludes halogenated alkanes) is 2. The van der Waals surface area contributed by atoms with Gasteiger partial charge in [0.05, 0.1) is 11.4 Å². The number of rotatable bonds is 9. The molecular formula is C21H31N3. The molecule has 0 amide bonds. The van der Waals surface area contributed by atoms with Gasteiger partial charge >= 0.3 is 0 Å². The fraction of sp³-hybridized carbons (Fsp3) is 0.524. The first-order valence-electron chi connectivity index (χ1n) is 9.29. The summed E-state index contributed by atoms with van der Waals surface area (Å²) in [4.78, 5) is 11.8. The number of hydrogen-bond acceptors (Lipinski definition) is 3. The van der Waals surface area contributed by atoms with Crippen molar-refractivity contribution in [1.29, 1.82) is 0 Å². The van der Waals surface area contributed by atoms with E-state index >= 15 is 0 Å². The first-order chi connectivity index (χ1) is 11.7. The predicted molar refractivity (Wildman–Crippen MR) is 103 cm³/mol. The maximum atomic E-state index is 5.02. The van der Waals surface area contributed by atoms with Crippen molar-refractivity contribution in [2.75, 3.05) is 11.9 Å². The summed E-state index contributed by atoms with van der Waals surface area (Å²) in [7, 11) is 2.07. The lowest BCUT2D eigenvalue weighted by atomic mass is 9.93. The van der Waals surface area contributed by atoms with Crippen molar-refractivity contribution < 1.29 is 0 Å². The first-order valence-corrected chi connectivity index (χ1v) is 9.29. The molecule has 0 N–H and O–H groups in total. The molecule has 3 heteroatoms. The molecule has 1 aromatic heterocycles. The minimum atomic E-state index is 0.529. The van der Waals surface area contributed by atoms with E-state index in [1.54, 1.807) is 0 Å². The number of hydrogen-bond donors (Lipinski definition) is 0. The highest BCUT2D eigenvalue weighted by atomic mass is 15.2. The Morgan fingerprint density at radius 1 is 1.00 bits per heavy atom. The van der Waals surface area contributed by atoms with Crippen LogP contribution in [0.3, 0.4) is 0 Å². The van der Waals surface area contributed by atoms with E-state index in [2.05, 4.69) is 55.0 Å². The van der Waals surface area contributed by atoms with Crippen LogP contribution in [0.1, 0.15) is 69.7 Å². The van der Waals surface area contributed by atoms with Crippen molar-refractivity contribution in [3.63, 3.8) is 0 Å². The molecule has 1 aromatic carbocycles. The van der Waals surface area contributed by atoms with Crippen LogP contribution in [-0.4, -0.2) is 17.0 Å². The summed E-state index contributed by atoms with van der Waals surface area (Å²) in [5.74, 6) is 1.50. The Bertz CT molecular complexity index is 602. The number of benzene rings is 1. The summed E-state index contributed by atoms with van der Waals surface area (Å²) in [6.07, 6.45) is 9.40. The monoisotopic (exact) mass is 325 g/mol. The molecule has 0 aliphatic carbocycles. The van der Waals surface area contributed by atoms with Gasteiger partial charge in [-0.3, -0.25) is 4.98 Å². The molecule has 0 radical (unpaired) electrons. The normalized spacial score (nSPS) is 11.0. The van der Waals surface area contributed by atoms with Crippen molar-refractivity contribution in [2.45, 2.75) is 65.2 Å². The third-order valence-electron chi connectivity index (χ3n) is 4.64. The number of anilines is 2. The maximum Gasteiger partial charge on any atom is 0.154 e. The van der Waals surface area contributed by atoms with E-state index in [4.69, 9.17) is 4.98 Å². The lowest BCUT2D eigenvalue weighted by molar-refractivity contribution is 0.513. The second-order valence-electron chi connectivity index (χ2n) is 6.58. The molecule has 0 saturated heterocycles. The van der Waals surface area contributed by atoms with E-state index in [-0.39, 0.29) is 0 Å². The van der Waals surface area contributed by atoms with E-state index < -0.39 is 0 Å². The lowest BCUT2D eigenvalue weighted by Crippen LogP contribution is -2.15. The van der Waals surface area contributed by atoms with Gasteiger partial charge in [-0.05, 0) is 31.9 Å². The van der Waals surface area contributed by atoms with Gasteiger partial charge < -0.3 is 4.90 Å². The zero-order valence-corrected chi connectivity index (χ0v) is 15.6. The molecule has 3 nitrogen and oxygen atoms in total. The summed E-state index contributed by atoms with van der Waals surface area (Å²) < 4.78 is 0. The topological polar surface area (TPSA) is 29.0 Å². The van der Waals surface area contributed by atoms with Gasteiger partial charge in [0.2, 0.25) is 0 Å². The van der Waals surface area contributed by atoms with E-state index in [1.807, 2.05) is 19.2 Å². The van der Waals surface area contributed by atoms with Crippen LogP contribution in [-0.2, 0) is 0 Å². The largest absolute Gasteiger partial charge is 0.328 e. The molecule has 24 heavy (non-hydrogen) atoms. The minimum absolute atomic E-state index is 0.529. The average molecular weight is 326 g/mol. The van der Waals surface area contributed by atoms with Crippen LogP contribution >= 0.6 is 0 Å². The summed E-state index contributed by atoms with van der Waals surface area (Å²) >= 11 is 0. The zero-order chi connectivity index (χ0) is 17.4. The van der Waals surface area contributed by atoms with Gasteiger partial charge in [0.15, 0.2) is 5.82 Å². The molecule has 0 fully saturated rings. The van der Waals surface area contributed by atoms with Crippen molar-refractivity contribution in [2.24, 2.45) is 0 Å². The van der Waals surface area contributed by atoms with E-state index in [1.165, 1.54) is 38.5 Å². The first kappa shape index (κ1) is 18.4. The zero-order valence-electron chi connectivity index (χ0n) is 15.6. The summed E-state index contributed by atoms with van der Waals surface area (Å²) in [6.45, 7) is 6.55. The van der Waals surface area contributed by atoms with Crippen LogP contribution in [0.25, 0.3) is 0 Å². The van der Waals surface area contributed by atoms with Gasteiger partial charge in [-0.25, -0.2) is 4.98 Å². The highest BCUT2D eigenvalue weighted by Gasteiger charge is 2.17. The van der Waals surface area contributed by atoms with Crippen molar-refractivity contribution >= 4 is 11.5 Å². The van der Waals surface area contributed by atoms with Gasteiger partial charge in [0.25, 0.3) is 0 Å². The van der Waals surface area contributed by atoms with Crippen molar-refractivity contribution in [1.82, 2.24) is 9.97 Å². The maximum absolute atomic E-state index is 5.02. The standard InChI is InChI=1S/C21H31N3/c1-5-7-12-18(13-8-6-2)20-16-22-17(3)21(23-20)24(4)19-14-10-9-11-15-19/h9-11,14-16,18H,5-8,12-13H2,1-4H3. The number of aromatic nitrogens is 2. The summed E-state index contributed by atoms with van der Waals surface area (Å²) in [6, 6.07) is 10.4. The Morgan fingerprint density at radius 3 is 2.21 bits per heavy atom. The van der Waals surface area contributed by atoms with E-state index in [0.717, 1.165) is 22.9 Å². The molecule has 0 spiro atoms. The van der Waals surface area contributed by atoms with Gasteiger partial charge in [-0.1, -0.05) is 57.7 Å². The molecule has 2 aromatic rings. The highest BCUT2D eigenvalue weighted by Crippen LogP contribution is 2.30. The fourth-order valence-electron chi connectivity index (χ4n) is 3.08. The van der Waals surface area contributed by atoms with Gasteiger partial charge in [-0.15, -0.1) is 0 Å². The molecule has 0 bridgehead atoms. The average Bonchev–Trinajstić information content (AvgIpc) is 2.63. The molecule has 0 aliphatic heterocycles. The molecule has 2 rings (SSSR count). The molecule has 0 atom stereocenters. The second kappa shape index (κ2) is 9.41. The number of para-hydroxylation sites is 1. The van der Waals surface area contributed by atoms with Crippen LogP contribution in [0.2, 0.25) is 0 Å². The van der Waals surface area contributed by atoms with Crippen molar-refractivity contribution in [3.05, 3.63) is 47.9 Å². The molecule has 130 valence electrons. The second-order valence-corrected chi connectivity index (χ2v) is 6.58. The van der Waals surface area contributed by atoms with Gasteiger partial charge in [-0.2, -0.15) is 0 Å². The van der Waals surface area contributed by atoms with Gasteiger partial charge in [0.1, 0.15) is 0 Å². The Hall–Kier alpha value is -1.90. The van der Waals surface area contributed by atoms with Crippen LogP contribution < -0.4 is 4.90 Å². The fourth-order valence-corrected chi connectivity index (χ4v) is 3.08. The number of nitrogens with zero attached hydrogens (tertiary/aromatic N) is 3. The Kier molecular flexibility index (Phi) is 7.23. The van der Waals surface area contributed by atoms with Crippen molar-refractivity contribution in [3.8, 4) is 0 Å². The summed E-state index contributed by atoms with van der Waals surface area (Å²) in [5.41, 5.74) is 3.28. The molecule has 0 saturated carbocycles. The Balaban J connectivity index is 2.28. The number of aryl methyl sites for hydroxylation is 1. The Morgan fingerprint density at radius 2 is 1.62 bits per heavy atom. The Labute approximate surface area is 147 Å². The third kappa shape index (κ3) is 4.80. The molecule has 0 unspecified atom stereocenters. The van der Waals surface area contributed by atoms with Gasteiger partial charge in [0, 0.05) is 24.8 Å². The van der Waals surface area contributed by atoms with Crippen LogP contribution in [0, 0.1) is 6.92 Å². The summed E-state index contributed by atoms with van der Waals surface area (Å²) in [5, 5.41) is 0. The van der Waals surface area contributed by atoms with Crippen LogP contribution in [0.15, 0.2) is 36.5 Å². The SMILES string of the molecule is CCCCC(CCCC)c1cnc(C)c(N(C)c2ccccc2)n1. The quantitative estimate of drug-likeness (QED) is 0.564. The minimum Gasteiger partial charge on any atom is -0.328 e.